The van der Waals surface area contributed by atoms with Crippen LogP contribution in [0.25, 0.3) is 11.0 Å². The molecule has 2 fully saturated rings. The number of H-pyrrole nitrogens is 2. The van der Waals surface area contributed by atoms with Gasteiger partial charge >= 0.3 is 5.69 Å². The maximum Gasteiger partial charge on any atom is 0.323 e. The monoisotopic (exact) mass is 548 g/mol. The summed E-state index contributed by atoms with van der Waals surface area (Å²) in [5, 5.41) is 0. The second kappa shape index (κ2) is 10.3. The Morgan fingerprint density at radius 3 is 2.73 bits per heavy atom. The average molecular weight is 549 g/mol. The molecule has 10 heteroatoms. The van der Waals surface area contributed by atoms with E-state index in [1.54, 1.807) is 12.3 Å². The van der Waals surface area contributed by atoms with E-state index < -0.39 is 5.67 Å². The number of hydrogen-bond donors (Lipinski definition) is 2. The number of likely N-dealkylation sites (tertiary alicyclic amines) is 1. The Morgan fingerprint density at radius 2 is 1.88 bits per heavy atom. The van der Waals surface area contributed by atoms with E-state index in [0.29, 0.717) is 29.3 Å². The lowest BCUT2D eigenvalue weighted by atomic mass is 9.86. The zero-order valence-corrected chi connectivity index (χ0v) is 22.8. The van der Waals surface area contributed by atoms with Crippen LogP contribution < -0.4 is 15.3 Å². The first-order valence-electron chi connectivity index (χ1n) is 13.8. The van der Waals surface area contributed by atoms with E-state index >= 15 is 0 Å². The van der Waals surface area contributed by atoms with Gasteiger partial charge in [-0.05, 0) is 87.5 Å². The maximum atomic E-state index is 14.2. The summed E-state index contributed by atoms with van der Waals surface area (Å²) in [5.74, 6) is 1.34. The fraction of sp³-hybridized carbons (Fsp3) is 0.433. The Kier molecular flexibility index (Phi) is 6.82. The molecule has 0 radical (unpaired) electrons. The molecule has 0 bridgehead atoms. The minimum atomic E-state index is -1.36. The fourth-order valence-corrected chi connectivity index (χ4v) is 6.06. The number of nitrogens with zero attached hydrogens (tertiary/aromatic N) is 4. The number of fused-ring (bicyclic) bond motifs is 1. The number of aromatic nitrogens is 4. The first kappa shape index (κ1) is 26.4. The molecule has 2 aliphatic rings. The van der Waals surface area contributed by atoms with Crippen LogP contribution in [0.15, 0.2) is 53.7 Å². The summed E-state index contributed by atoms with van der Waals surface area (Å²) < 4.78 is 34.5. The number of halogens is 2. The largest absolute Gasteiger partial charge is 0.452 e. The molecule has 1 atom stereocenters. The number of alkyl halides is 1. The molecule has 210 valence electrons. The van der Waals surface area contributed by atoms with Gasteiger partial charge in [-0.3, -0.25) is 4.90 Å². The Hall–Kier alpha value is -3.79. The molecule has 2 N–H and O–H groups in total. The molecular weight excluding hydrogens is 514 g/mol. The highest BCUT2D eigenvalue weighted by atomic mass is 19.1. The number of anilines is 1. The summed E-state index contributed by atoms with van der Waals surface area (Å²) in [6.07, 6.45) is 5.91. The average Bonchev–Trinajstić information content (AvgIpc) is 3.61. The van der Waals surface area contributed by atoms with Crippen molar-refractivity contribution in [3.8, 4) is 11.5 Å². The van der Waals surface area contributed by atoms with Gasteiger partial charge in [-0.2, -0.15) is 0 Å². The molecule has 6 rings (SSSR count). The standard InChI is InChI=1S/C30H34F2N6O2/c1-29(2,32)8-7-21-14-22(31)4-6-25(21)40-26-15-33-19-34-27(26)38-12-10-30(18-38)9-11-37(17-30)16-20-3-5-23-24(13-20)36-28(39)35-23/h3-6,13-15,19H,7-12,16-18H2,1-2H3,(H2,35,36,39). The van der Waals surface area contributed by atoms with Crippen LogP contribution in [0.2, 0.25) is 0 Å². The molecule has 1 spiro atoms. The van der Waals surface area contributed by atoms with Crippen LogP contribution in [0.5, 0.6) is 11.5 Å². The molecule has 4 aromatic rings. The van der Waals surface area contributed by atoms with Gasteiger partial charge < -0.3 is 19.6 Å². The van der Waals surface area contributed by atoms with Crippen molar-refractivity contribution >= 4 is 16.9 Å². The van der Waals surface area contributed by atoms with Gasteiger partial charge in [-0.25, -0.2) is 23.5 Å². The first-order valence-corrected chi connectivity index (χ1v) is 13.8. The highest BCUT2D eigenvalue weighted by Gasteiger charge is 2.44. The number of aromatic amines is 2. The number of benzene rings is 2. The first-order chi connectivity index (χ1) is 19.1. The minimum Gasteiger partial charge on any atom is -0.452 e. The molecular formula is C30H34F2N6O2. The Bertz CT molecular complexity index is 1580. The van der Waals surface area contributed by atoms with Crippen LogP contribution in [-0.4, -0.2) is 56.7 Å². The van der Waals surface area contributed by atoms with Crippen LogP contribution in [0.3, 0.4) is 0 Å². The number of rotatable bonds is 8. The lowest BCUT2D eigenvalue weighted by molar-refractivity contribution is 0.201. The number of hydrogen-bond acceptors (Lipinski definition) is 6. The van der Waals surface area contributed by atoms with Crippen molar-refractivity contribution in [3.63, 3.8) is 0 Å². The van der Waals surface area contributed by atoms with E-state index in [1.807, 2.05) is 12.1 Å². The smallest absolute Gasteiger partial charge is 0.323 e. The summed E-state index contributed by atoms with van der Waals surface area (Å²) in [6, 6.07) is 10.4. The van der Waals surface area contributed by atoms with E-state index in [4.69, 9.17) is 4.74 Å². The van der Waals surface area contributed by atoms with Crippen LogP contribution in [0, 0.1) is 11.2 Å². The van der Waals surface area contributed by atoms with Gasteiger partial charge in [-0.1, -0.05) is 6.07 Å². The van der Waals surface area contributed by atoms with E-state index in [-0.39, 0.29) is 23.3 Å². The molecule has 2 saturated heterocycles. The molecule has 8 nitrogen and oxygen atoms in total. The summed E-state index contributed by atoms with van der Waals surface area (Å²) in [7, 11) is 0. The van der Waals surface area contributed by atoms with Crippen molar-refractivity contribution in [2.24, 2.45) is 5.41 Å². The molecule has 2 aromatic carbocycles. The van der Waals surface area contributed by atoms with E-state index in [1.165, 1.54) is 37.9 Å². The normalized spacial score (nSPS) is 19.8. The van der Waals surface area contributed by atoms with Gasteiger partial charge in [-0.15, -0.1) is 0 Å². The number of imidazole rings is 1. The van der Waals surface area contributed by atoms with Gasteiger partial charge in [0.25, 0.3) is 0 Å². The zero-order chi connectivity index (χ0) is 27.9. The van der Waals surface area contributed by atoms with E-state index in [0.717, 1.165) is 56.6 Å². The molecule has 0 aliphatic carbocycles. The predicted octanol–water partition coefficient (Wildman–Crippen LogP) is 5.36. The summed E-state index contributed by atoms with van der Waals surface area (Å²) in [5.41, 5.74) is 2.04. The number of aryl methyl sites for hydroxylation is 1. The van der Waals surface area contributed by atoms with E-state index in [2.05, 4.69) is 35.8 Å². The Labute approximate surface area is 231 Å². The number of ether oxygens (including phenoxy) is 1. The van der Waals surface area contributed by atoms with Gasteiger partial charge in [0.05, 0.1) is 17.2 Å². The van der Waals surface area contributed by atoms with Gasteiger partial charge in [0.2, 0.25) is 0 Å². The van der Waals surface area contributed by atoms with Crippen LogP contribution in [0.4, 0.5) is 14.6 Å². The molecule has 0 amide bonds. The maximum absolute atomic E-state index is 14.2. The second-order valence-electron chi connectivity index (χ2n) is 11.9. The van der Waals surface area contributed by atoms with Gasteiger partial charge in [0.1, 0.15) is 23.6 Å². The van der Waals surface area contributed by atoms with Gasteiger partial charge in [0, 0.05) is 31.6 Å². The highest BCUT2D eigenvalue weighted by molar-refractivity contribution is 5.75. The van der Waals surface area contributed by atoms with Crippen molar-refractivity contribution in [1.29, 1.82) is 0 Å². The molecule has 0 saturated carbocycles. The van der Waals surface area contributed by atoms with Crippen molar-refractivity contribution in [1.82, 2.24) is 24.8 Å². The van der Waals surface area contributed by atoms with Crippen LogP contribution in [0.1, 0.15) is 44.2 Å². The lowest BCUT2D eigenvalue weighted by Crippen LogP contribution is -2.31. The minimum absolute atomic E-state index is 0.155. The van der Waals surface area contributed by atoms with Crippen molar-refractivity contribution < 1.29 is 13.5 Å². The lowest BCUT2D eigenvalue weighted by Gasteiger charge is -2.26. The molecule has 2 aromatic heterocycles. The Balaban J connectivity index is 1.15. The third-order valence-electron chi connectivity index (χ3n) is 8.13. The number of nitrogens with one attached hydrogen (secondary N) is 2. The topological polar surface area (TPSA) is 90.1 Å². The quantitative estimate of drug-likeness (QED) is 0.308. The summed E-state index contributed by atoms with van der Waals surface area (Å²) in [4.78, 5) is 30.7. The SMILES string of the molecule is CC(C)(F)CCc1cc(F)ccc1Oc1cncnc1N1CCC2(CCN(Cc3ccc4[nH]c(=O)[nH]c4c3)C2)C1. The molecule has 2 aliphatic heterocycles. The van der Waals surface area contributed by atoms with Gasteiger partial charge in [0.15, 0.2) is 11.6 Å². The van der Waals surface area contributed by atoms with Crippen molar-refractivity contribution in [3.05, 3.63) is 76.4 Å². The second-order valence-corrected chi connectivity index (χ2v) is 11.9. The Morgan fingerprint density at radius 1 is 1.05 bits per heavy atom. The molecule has 1 unspecified atom stereocenters. The zero-order valence-electron chi connectivity index (χ0n) is 22.8. The van der Waals surface area contributed by atoms with Crippen molar-refractivity contribution in [2.75, 3.05) is 31.1 Å². The van der Waals surface area contributed by atoms with E-state index in [9.17, 15) is 13.6 Å². The van der Waals surface area contributed by atoms with Crippen LogP contribution in [-0.2, 0) is 13.0 Å². The van der Waals surface area contributed by atoms with Crippen LogP contribution >= 0.6 is 0 Å². The summed E-state index contributed by atoms with van der Waals surface area (Å²) >= 11 is 0. The van der Waals surface area contributed by atoms with Crippen molar-refractivity contribution in [2.45, 2.75) is 51.7 Å². The highest BCUT2D eigenvalue weighted by Crippen LogP contribution is 2.43. The molecule has 40 heavy (non-hydrogen) atoms. The fourth-order valence-electron chi connectivity index (χ4n) is 6.06. The third kappa shape index (κ3) is 5.72. The predicted molar refractivity (Wildman–Crippen MR) is 150 cm³/mol. The summed E-state index contributed by atoms with van der Waals surface area (Å²) in [6.45, 7) is 7.56. The third-order valence-corrected chi connectivity index (χ3v) is 8.13. The molecule has 4 heterocycles.